The Bertz CT molecular complexity index is 1500. The standard InChI is InChI=1S/C32H33ClF3N3O3/c1-5-41-30(40)31(2,3)42-29-16-13-23(17-26(29)33)27(37-4)18-25-19-28(22-11-14-24(15-12-22)32(34,35)36)38-39(25)20-21-9-7-6-8-10-21/h6-17,19,27,37H,5,18,20H2,1-4H3. The molecule has 0 spiro atoms. The van der Waals surface area contributed by atoms with Gasteiger partial charge in [-0.25, -0.2) is 4.79 Å². The second-order valence-corrected chi connectivity index (χ2v) is 10.7. The van der Waals surface area contributed by atoms with Crippen molar-refractivity contribution in [3.05, 3.63) is 106 Å². The lowest BCUT2D eigenvalue weighted by Gasteiger charge is -2.25. The maximum atomic E-state index is 13.1. The Morgan fingerprint density at radius 1 is 1.02 bits per heavy atom. The molecule has 0 saturated carbocycles. The number of likely N-dealkylation sites (N-methyl/N-ethyl adjacent to an activating group) is 1. The molecule has 1 aromatic heterocycles. The third-order valence-electron chi connectivity index (χ3n) is 6.80. The largest absolute Gasteiger partial charge is 0.475 e. The molecule has 222 valence electrons. The third-order valence-corrected chi connectivity index (χ3v) is 7.09. The van der Waals surface area contributed by atoms with E-state index < -0.39 is 23.3 Å². The molecule has 1 unspecified atom stereocenters. The fourth-order valence-corrected chi connectivity index (χ4v) is 4.75. The van der Waals surface area contributed by atoms with Crippen molar-refractivity contribution in [2.75, 3.05) is 13.7 Å². The highest BCUT2D eigenvalue weighted by Gasteiger charge is 2.33. The van der Waals surface area contributed by atoms with Crippen LogP contribution in [0.5, 0.6) is 5.75 Å². The molecule has 6 nitrogen and oxygen atoms in total. The summed E-state index contributed by atoms with van der Waals surface area (Å²) < 4.78 is 52.2. The van der Waals surface area contributed by atoms with Gasteiger partial charge in [0.25, 0.3) is 0 Å². The van der Waals surface area contributed by atoms with Crippen LogP contribution < -0.4 is 10.1 Å². The quantitative estimate of drug-likeness (QED) is 0.181. The highest BCUT2D eigenvalue weighted by molar-refractivity contribution is 6.32. The maximum Gasteiger partial charge on any atom is 0.416 e. The van der Waals surface area contributed by atoms with E-state index in [0.29, 0.717) is 35.0 Å². The maximum absolute atomic E-state index is 13.1. The van der Waals surface area contributed by atoms with E-state index in [0.717, 1.165) is 29.0 Å². The van der Waals surface area contributed by atoms with Crippen LogP contribution in [0.1, 0.15) is 49.2 Å². The SMILES string of the molecule is CCOC(=O)C(C)(C)Oc1ccc(C(Cc2cc(-c3ccc(C(F)(F)F)cc3)nn2Cc2ccccc2)NC)cc1Cl. The van der Waals surface area contributed by atoms with Crippen LogP contribution in [-0.2, 0) is 28.7 Å². The fraction of sp³-hybridized carbons (Fsp3) is 0.312. The summed E-state index contributed by atoms with van der Waals surface area (Å²) in [5, 5.41) is 8.43. The number of benzene rings is 3. The lowest BCUT2D eigenvalue weighted by Crippen LogP contribution is -2.39. The average Bonchev–Trinajstić information content (AvgIpc) is 3.35. The highest BCUT2D eigenvalue weighted by atomic mass is 35.5. The summed E-state index contributed by atoms with van der Waals surface area (Å²) in [6.07, 6.45) is -3.89. The Balaban J connectivity index is 1.62. The molecule has 0 radical (unpaired) electrons. The van der Waals surface area contributed by atoms with E-state index in [9.17, 15) is 18.0 Å². The predicted molar refractivity (Wildman–Crippen MR) is 157 cm³/mol. The van der Waals surface area contributed by atoms with Gasteiger partial charge >= 0.3 is 12.1 Å². The monoisotopic (exact) mass is 599 g/mol. The van der Waals surface area contributed by atoms with E-state index in [2.05, 4.69) is 5.32 Å². The number of alkyl halides is 3. The van der Waals surface area contributed by atoms with Crippen LogP contribution in [0.4, 0.5) is 13.2 Å². The lowest BCUT2D eigenvalue weighted by molar-refractivity contribution is -0.158. The molecule has 4 aromatic rings. The minimum atomic E-state index is -4.41. The van der Waals surface area contributed by atoms with Crippen LogP contribution in [0.3, 0.4) is 0 Å². The Hall–Kier alpha value is -3.82. The van der Waals surface area contributed by atoms with Crippen molar-refractivity contribution in [2.24, 2.45) is 0 Å². The summed E-state index contributed by atoms with van der Waals surface area (Å²) in [7, 11) is 1.83. The Morgan fingerprint density at radius 3 is 2.31 bits per heavy atom. The molecule has 0 fully saturated rings. The number of ether oxygens (including phenoxy) is 2. The molecule has 0 aliphatic heterocycles. The van der Waals surface area contributed by atoms with Gasteiger partial charge in [-0.2, -0.15) is 18.3 Å². The van der Waals surface area contributed by atoms with Crippen molar-refractivity contribution >= 4 is 17.6 Å². The number of aromatic nitrogens is 2. The van der Waals surface area contributed by atoms with Gasteiger partial charge in [-0.05, 0) is 69.3 Å². The molecule has 4 rings (SSSR count). The first-order valence-corrected chi connectivity index (χ1v) is 13.9. The number of rotatable bonds is 11. The van der Waals surface area contributed by atoms with E-state index in [1.54, 1.807) is 32.9 Å². The minimum Gasteiger partial charge on any atom is -0.475 e. The lowest BCUT2D eigenvalue weighted by atomic mass is 10.0. The van der Waals surface area contributed by atoms with Crippen molar-refractivity contribution < 1.29 is 27.4 Å². The molecular formula is C32H33ClF3N3O3. The van der Waals surface area contributed by atoms with Crippen molar-refractivity contribution in [2.45, 2.75) is 51.6 Å². The molecular weight excluding hydrogens is 567 g/mol. The zero-order valence-electron chi connectivity index (χ0n) is 23.8. The van der Waals surface area contributed by atoms with Gasteiger partial charge in [-0.1, -0.05) is 60.1 Å². The van der Waals surface area contributed by atoms with Gasteiger partial charge in [0.15, 0.2) is 5.60 Å². The third kappa shape index (κ3) is 7.52. The Morgan fingerprint density at radius 2 is 1.71 bits per heavy atom. The molecule has 3 aromatic carbocycles. The number of halogens is 4. The van der Waals surface area contributed by atoms with E-state index in [1.165, 1.54) is 12.1 Å². The average molecular weight is 600 g/mol. The van der Waals surface area contributed by atoms with Crippen LogP contribution in [0.15, 0.2) is 78.9 Å². The molecule has 0 amide bonds. The number of carbonyl (C=O) groups excluding carboxylic acids is 1. The summed E-state index contributed by atoms with van der Waals surface area (Å²) in [5.74, 6) is -0.138. The molecule has 1 atom stereocenters. The smallest absolute Gasteiger partial charge is 0.416 e. The zero-order valence-corrected chi connectivity index (χ0v) is 24.6. The normalized spacial score (nSPS) is 12.7. The van der Waals surface area contributed by atoms with Gasteiger partial charge in [-0.3, -0.25) is 4.68 Å². The van der Waals surface area contributed by atoms with Crippen molar-refractivity contribution in [3.8, 4) is 17.0 Å². The van der Waals surface area contributed by atoms with Crippen LogP contribution in [0.2, 0.25) is 5.02 Å². The van der Waals surface area contributed by atoms with E-state index >= 15 is 0 Å². The molecule has 1 N–H and O–H groups in total. The summed E-state index contributed by atoms with van der Waals surface area (Å²) in [6, 6.07) is 21.9. The van der Waals surface area contributed by atoms with Crippen LogP contribution in [0, 0.1) is 0 Å². The Labute approximate surface area is 248 Å². The first-order chi connectivity index (χ1) is 19.9. The topological polar surface area (TPSA) is 65.4 Å². The van der Waals surface area contributed by atoms with Crippen molar-refractivity contribution in [1.29, 1.82) is 0 Å². The zero-order chi connectivity index (χ0) is 30.5. The number of nitrogens with one attached hydrogen (secondary N) is 1. The second kappa shape index (κ2) is 13.0. The van der Waals surface area contributed by atoms with Gasteiger partial charge in [0, 0.05) is 23.7 Å². The molecule has 42 heavy (non-hydrogen) atoms. The van der Waals surface area contributed by atoms with Gasteiger partial charge in [-0.15, -0.1) is 0 Å². The number of nitrogens with zero attached hydrogens (tertiary/aromatic N) is 2. The van der Waals surface area contributed by atoms with Crippen LogP contribution >= 0.6 is 11.6 Å². The van der Waals surface area contributed by atoms with E-state index in [-0.39, 0.29) is 12.6 Å². The molecule has 0 saturated heterocycles. The number of hydrogen-bond acceptors (Lipinski definition) is 5. The van der Waals surface area contributed by atoms with Gasteiger partial charge in [0.05, 0.1) is 29.4 Å². The predicted octanol–water partition coefficient (Wildman–Crippen LogP) is 7.49. The summed E-state index contributed by atoms with van der Waals surface area (Å²) in [4.78, 5) is 12.3. The van der Waals surface area contributed by atoms with E-state index in [4.69, 9.17) is 26.2 Å². The van der Waals surface area contributed by atoms with Gasteiger partial charge in [0.2, 0.25) is 0 Å². The number of hydrogen-bond donors (Lipinski definition) is 1. The molecule has 10 heteroatoms. The van der Waals surface area contributed by atoms with E-state index in [1.807, 2.05) is 54.2 Å². The summed E-state index contributed by atoms with van der Waals surface area (Å²) in [6.45, 7) is 5.70. The number of esters is 1. The molecule has 1 heterocycles. The molecule has 0 bridgehead atoms. The first-order valence-electron chi connectivity index (χ1n) is 13.5. The van der Waals surface area contributed by atoms with Crippen molar-refractivity contribution in [1.82, 2.24) is 15.1 Å². The van der Waals surface area contributed by atoms with Crippen LogP contribution in [0.25, 0.3) is 11.3 Å². The van der Waals surface area contributed by atoms with Gasteiger partial charge < -0.3 is 14.8 Å². The van der Waals surface area contributed by atoms with Crippen LogP contribution in [-0.4, -0.2) is 35.0 Å². The Kier molecular flexibility index (Phi) is 9.64. The first kappa shape index (κ1) is 31.1. The van der Waals surface area contributed by atoms with Crippen molar-refractivity contribution in [3.63, 3.8) is 0 Å². The minimum absolute atomic E-state index is 0.179. The summed E-state index contributed by atoms with van der Waals surface area (Å²) >= 11 is 6.59. The van der Waals surface area contributed by atoms with Gasteiger partial charge in [0.1, 0.15) is 5.75 Å². The fourth-order valence-electron chi connectivity index (χ4n) is 4.52. The number of carbonyl (C=O) groups is 1. The molecule has 0 aliphatic carbocycles. The second-order valence-electron chi connectivity index (χ2n) is 10.3. The summed E-state index contributed by atoms with van der Waals surface area (Å²) in [5.41, 5.74) is 2.04. The highest BCUT2D eigenvalue weighted by Crippen LogP contribution is 2.34. The molecule has 0 aliphatic rings.